The summed E-state index contributed by atoms with van der Waals surface area (Å²) in [6, 6.07) is 0.524. The first-order valence-corrected chi connectivity index (χ1v) is 5.97. The van der Waals surface area contributed by atoms with Gasteiger partial charge in [0, 0.05) is 25.7 Å². The van der Waals surface area contributed by atoms with Crippen LogP contribution in [0.5, 0.6) is 0 Å². The minimum absolute atomic E-state index is 0.255. The molecule has 0 aromatic rings. The lowest BCUT2D eigenvalue weighted by Crippen LogP contribution is -2.52. The predicted molar refractivity (Wildman–Crippen MR) is 56.3 cm³/mol. The molecule has 12 heavy (non-hydrogen) atoms. The van der Waals surface area contributed by atoms with Crippen molar-refractivity contribution in [3.8, 4) is 0 Å². The van der Waals surface area contributed by atoms with Crippen molar-refractivity contribution in [1.29, 1.82) is 0 Å². The van der Waals surface area contributed by atoms with Gasteiger partial charge < -0.3 is 10.6 Å². The maximum atomic E-state index is 4.28. The summed E-state index contributed by atoms with van der Waals surface area (Å²) >= 11 is -0.255. The van der Waals surface area contributed by atoms with Gasteiger partial charge in [0.1, 0.15) is 6.34 Å². The molecule has 2 heterocycles. The standard InChI is InChI=1S/C6H12IN5/c1-2-9-6(3-8-1)4-12-5-10-7-11-12/h5-6,8-9H,1-4H2. The van der Waals surface area contributed by atoms with Crippen molar-refractivity contribution in [2.24, 2.45) is 6.46 Å². The second-order valence-electron chi connectivity index (χ2n) is 2.84. The molecule has 0 bridgehead atoms. The summed E-state index contributed by atoms with van der Waals surface area (Å²) < 4.78 is 8.41. The summed E-state index contributed by atoms with van der Waals surface area (Å²) in [5.41, 5.74) is 0. The van der Waals surface area contributed by atoms with Gasteiger partial charge in [0.2, 0.25) is 0 Å². The number of hydrogen-bond donors (Lipinski definition) is 2. The highest BCUT2D eigenvalue weighted by Crippen LogP contribution is 2.11. The molecular weight excluding hydrogens is 269 g/mol. The van der Waals surface area contributed by atoms with E-state index in [9.17, 15) is 0 Å². The Balaban J connectivity index is 1.77. The van der Waals surface area contributed by atoms with Crippen LogP contribution in [0.1, 0.15) is 0 Å². The van der Waals surface area contributed by atoms with E-state index in [-0.39, 0.29) is 21.3 Å². The van der Waals surface area contributed by atoms with Crippen molar-refractivity contribution in [1.82, 2.24) is 15.6 Å². The van der Waals surface area contributed by atoms with E-state index in [4.69, 9.17) is 0 Å². The Morgan fingerprint density at radius 3 is 3.25 bits per heavy atom. The molecule has 0 radical (unpaired) electrons. The Kier molecular flexibility index (Phi) is 3.01. The molecule has 68 valence electrons. The second kappa shape index (κ2) is 4.24. The van der Waals surface area contributed by atoms with Gasteiger partial charge in [-0.2, -0.15) is 3.21 Å². The average molecular weight is 281 g/mol. The number of rotatable bonds is 2. The molecule has 2 rings (SSSR count). The zero-order chi connectivity index (χ0) is 8.23. The van der Waals surface area contributed by atoms with Gasteiger partial charge >= 0.3 is 0 Å². The van der Waals surface area contributed by atoms with Crippen molar-refractivity contribution in [3.63, 3.8) is 0 Å². The third-order valence-electron chi connectivity index (χ3n) is 1.88. The molecule has 2 N–H and O–H groups in total. The van der Waals surface area contributed by atoms with Gasteiger partial charge in [0.25, 0.3) is 0 Å². The van der Waals surface area contributed by atoms with Gasteiger partial charge in [0.05, 0.1) is 6.54 Å². The lowest BCUT2D eigenvalue weighted by atomic mass is 10.2. The molecule has 0 amide bonds. The fourth-order valence-corrected chi connectivity index (χ4v) is 2.34. The third kappa shape index (κ3) is 2.20. The Morgan fingerprint density at radius 1 is 1.58 bits per heavy atom. The van der Waals surface area contributed by atoms with E-state index in [1.165, 1.54) is 0 Å². The number of halogens is 1. The maximum absolute atomic E-state index is 4.28. The van der Waals surface area contributed by atoms with E-state index >= 15 is 0 Å². The van der Waals surface area contributed by atoms with Crippen molar-refractivity contribution < 1.29 is 0 Å². The van der Waals surface area contributed by atoms with Crippen LogP contribution in [0.4, 0.5) is 0 Å². The van der Waals surface area contributed by atoms with Gasteiger partial charge in [-0.15, -0.1) is 3.25 Å². The number of nitrogens with zero attached hydrogens (tertiary/aromatic N) is 3. The average Bonchev–Trinajstić information content (AvgIpc) is 2.59. The van der Waals surface area contributed by atoms with Gasteiger partial charge in [0.15, 0.2) is 21.3 Å². The molecule has 2 aliphatic heterocycles. The number of piperazine rings is 1. The van der Waals surface area contributed by atoms with Crippen molar-refractivity contribution in [2.75, 3.05) is 26.2 Å². The van der Waals surface area contributed by atoms with Crippen LogP contribution < -0.4 is 10.6 Å². The molecule has 0 saturated carbocycles. The highest BCUT2D eigenvalue weighted by molar-refractivity contribution is 14.1. The van der Waals surface area contributed by atoms with Gasteiger partial charge in [-0.05, 0) is 0 Å². The van der Waals surface area contributed by atoms with Crippen LogP contribution in [0.3, 0.4) is 0 Å². The predicted octanol–water partition coefficient (Wildman–Crippen LogP) is -0.124. The summed E-state index contributed by atoms with van der Waals surface area (Å²) in [5.74, 6) is 0. The summed E-state index contributed by atoms with van der Waals surface area (Å²) in [6.45, 7) is 4.13. The van der Waals surface area contributed by atoms with Gasteiger partial charge in [-0.1, -0.05) is 0 Å². The van der Waals surface area contributed by atoms with Crippen LogP contribution in [0.15, 0.2) is 6.46 Å². The minimum Gasteiger partial charge on any atom is -0.314 e. The molecule has 0 aromatic heterocycles. The largest absolute Gasteiger partial charge is 0.314 e. The zero-order valence-corrected chi connectivity index (χ0v) is 8.86. The van der Waals surface area contributed by atoms with Crippen LogP contribution in [0, 0.1) is 0 Å². The molecule has 1 fully saturated rings. The normalized spacial score (nSPS) is 29.0. The lowest BCUT2D eigenvalue weighted by Gasteiger charge is -2.26. The number of nitrogens with one attached hydrogen (secondary N) is 2. The minimum atomic E-state index is -0.255. The first-order valence-electron chi connectivity index (χ1n) is 4.04. The van der Waals surface area contributed by atoms with Crippen LogP contribution in [0.2, 0.25) is 0 Å². The number of hydrogen-bond acceptors (Lipinski definition) is 5. The molecule has 2 aliphatic rings. The first kappa shape index (κ1) is 8.52. The van der Waals surface area contributed by atoms with Crippen LogP contribution >= 0.6 is 21.3 Å². The highest BCUT2D eigenvalue weighted by atomic mass is 127. The molecule has 6 heteroatoms. The van der Waals surface area contributed by atoms with Gasteiger partial charge in [-0.3, -0.25) is 0 Å². The van der Waals surface area contributed by atoms with E-state index in [2.05, 4.69) is 17.1 Å². The van der Waals surface area contributed by atoms with Crippen LogP contribution in [-0.4, -0.2) is 43.6 Å². The van der Waals surface area contributed by atoms with E-state index in [1.54, 1.807) is 0 Å². The molecule has 5 nitrogen and oxygen atoms in total. The molecule has 1 unspecified atom stereocenters. The van der Waals surface area contributed by atoms with E-state index in [1.807, 2.05) is 11.3 Å². The molecule has 0 spiro atoms. The first-order chi connectivity index (χ1) is 5.95. The van der Waals surface area contributed by atoms with Crippen molar-refractivity contribution in [2.45, 2.75) is 6.04 Å². The Bertz CT molecular complexity index is 186. The summed E-state index contributed by atoms with van der Waals surface area (Å²) in [4.78, 5) is 0. The second-order valence-corrected chi connectivity index (χ2v) is 4.26. The highest BCUT2D eigenvalue weighted by Gasteiger charge is 2.15. The molecule has 0 aromatic carbocycles. The molecule has 1 saturated heterocycles. The Hall–Kier alpha value is -0.0800. The van der Waals surface area contributed by atoms with Crippen LogP contribution in [-0.2, 0) is 0 Å². The Labute approximate surface area is 82.1 Å². The van der Waals surface area contributed by atoms with Crippen molar-refractivity contribution >= 4 is 27.6 Å². The SMILES string of the molecule is C1=NI=NN1CC1CNCCN1. The monoisotopic (exact) mass is 281 g/mol. The van der Waals surface area contributed by atoms with Crippen LogP contribution in [0.25, 0.3) is 0 Å². The maximum Gasteiger partial charge on any atom is 0.166 e. The summed E-state index contributed by atoms with van der Waals surface area (Å²) in [7, 11) is 0. The smallest absolute Gasteiger partial charge is 0.166 e. The van der Waals surface area contributed by atoms with E-state index in [0.717, 1.165) is 26.2 Å². The zero-order valence-electron chi connectivity index (χ0n) is 6.70. The van der Waals surface area contributed by atoms with Gasteiger partial charge in [-0.25, -0.2) is 5.01 Å². The third-order valence-corrected chi connectivity index (χ3v) is 3.13. The van der Waals surface area contributed by atoms with Crippen molar-refractivity contribution in [3.05, 3.63) is 0 Å². The quantitative estimate of drug-likeness (QED) is 0.694. The lowest BCUT2D eigenvalue weighted by molar-refractivity contribution is 0.339. The fraction of sp³-hybridized carbons (Fsp3) is 0.833. The fourth-order valence-electron chi connectivity index (χ4n) is 1.30. The summed E-state index contributed by atoms with van der Waals surface area (Å²) in [5, 5.41) is 8.73. The molecular formula is C6H12IN5. The topological polar surface area (TPSA) is 52.0 Å². The molecule has 1 atom stereocenters. The molecule has 0 aliphatic carbocycles. The van der Waals surface area contributed by atoms with E-state index < -0.39 is 0 Å². The summed E-state index contributed by atoms with van der Waals surface area (Å²) in [6.07, 6.45) is 1.85. The van der Waals surface area contributed by atoms with E-state index in [0.29, 0.717) is 6.04 Å². The Morgan fingerprint density at radius 2 is 2.58 bits per heavy atom.